The second kappa shape index (κ2) is 10.1. The molecule has 1 aliphatic rings. The lowest BCUT2D eigenvalue weighted by molar-refractivity contribution is -0.140. The van der Waals surface area contributed by atoms with Gasteiger partial charge in [0.15, 0.2) is 0 Å². The van der Waals surface area contributed by atoms with Crippen molar-refractivity contribution in [3.05, 3.63) is 58.6 Å². The van der Waals surface area contributed by atoms with Crippen molar-refractivity contribution >= 4 is 17.4 Å². The predicted octanol–water partition coefficient (Wildman–Crippen LogP) is 5.54. The van der Waals surface area contributed by atoms with Gasteiger partial charge in [0.2, 0.25) is 0 Å². The van der Waals surface area contributed by atoms with Gasteiger partial charge in [0.25, 0.3) is 11.7 Å². The Hall–Kier alpha value is -3.02. The molecule has 3 rings (SSSR count). The summed E-state index contributed by atoms with van der Waals surface area (Å²) in [5.74, 6) is 0.802. The first kappa shape index (κ1) is 23.6. The van der Waals surface area contributed by atoms with Gasteiger partial charge in [-0.15, -0.1) is 0 Å². The SMILES string of the molecule is CCCCCN1C(=O)C(=O)/C(=C(\O)c2ccc(OCC(C)C)c(C)c2)C1c1ccc(C)o1. The van der Waals surface area contributed by atoms with Gasteiger partial charge in [0.1, 0.15) is 29.1 Å². The Bertz CT molecular complexity index is 1020. The number of likely N-dealkylation sites (tertiary alicyclic amines) is 1. The molecule has 1 fully saturated rings. The van der Waals surface area contributed by atoms with Gasteiger partial charge in [-0.1, -0.05) is 33.6 Å². The number of nitrogens with zero attached hydrogens (tertiary/aromatic N) is 1. The molecule has 1 N–H and O–H groups in total. The zero-order chi connectivity index (χ0) is 23.4. The zero-order valence-corrected chi connectivity index (χ0v) is 19.6. The molecular formula is C26H33NO5. The quantitative estimate of drug-likeness (QED) is 0.240. The summed E-state index contributed by atoms with van der Waals surface area (Å²) in [4.78, 5) is 27.4. The smallest absolute Gasteiger partial charge is 0.295 e. The minimum atomic E-state index is -0.738. The molecule has 1 aliphatic heterocycles. The van der Waals surface area contributed by atoms with Crippen molar-refractivity contribution < 1.29 is 23.8 Å². The maximum Gasteiger partial charge on any atom is 0.295 e. The largest absolute Gasteiger partial charge is 0.507 e. The first-order valence-corrected chi connectivity index (χ1v) is 11.3. The van der Waals surface area contributed by atoms with Gasteiger partial charge in [-0.25, -0.2) is 0 Å². The van der Waals surface area contributed by atoms with Crippen LogP contribution in [0.25, 0.3) is 5.76 Å². The Balaban J connectivity index is 2.02. The second-order valence-corrected chi connectivity index (χ2v) is 8.83. The summed E-state index contributed by atoms with van der Waals surface area (Å²) < 4.78 is 11.6. The highest BCUT2D eigenvalue weighted by molar-refractivity contribution is 6.46. The molecule has 2 aromatic rings. The van der Waals surface area contributed by atoms with E-state index >= 15 is 0 Å². The van der Waals surface area contributed by atoms with Crippen LogP contribution in [0.1, 0.15) is 68.7 Å². The third kappa shape index (κ3) is 4.90. The number of unbranched alkanes of at least 4 members (excludes halogenated alkanes) is 2. The molecule has 0 saturated carbocycles. The number of hydrogen-bond donors (Lipinski definition) is 1. The summed E-state index contributed by atoms with van der Waals surface area (Å²) in [5, 5.41) is 11.2. The Morgan fingerprint density at radius 1 is 1.16 bits per heavy atom. The Morgan fingerprint density at radius 3 is 2.50 bits per heavy atom. The Labute approximate surface area is 189 Å². The highest BCUT2D eigenvalue weighted by atomic mass is 16.5. The number of aliphatic hydroxyl groups is 1. The minimum Gasteiger partial charge on any atom is -0.507 e. The van der Waals surface area contributed by atoms with E-state index in [0.717, 1.165) is 30.6 Å². The van der Waals surface area contributed by atoms with Gasteiger partial charge in [0.05, 0.1) is 12.2 Å². The highest BCUT2D eigenvalue weighted by Gasteiger charge is 2.47. The van der Waals surface area contributed by atoms with Crippen LogP contribution in [-0.2, 0) is 9.59 Å². The van der Waals surface area contributed by atoms with Crippen LogP contribution in [0, 0.1) is 19.8 Å². The van der Waals surface area contributed by atoms with Crippen LogP contribution in [0.3, 0.4) is 0 Å². The molecule has 1 amide bonds. The molecule has 1 atom stereocenters. The summed E-state index contributed by atoms with van der Waals surface area (Å²) in [6.45, 7) is 11.0. The fourth-order valence-electron chi connectivity index (χ4n) is 3.91. The van der Waals surface area contributed by atoms with E-state index in [1.807, 2.05) is 13.8 Å². The molecule has 0 aliphatic carbocycles. The van der Waals surface area contributed by atoms with E-state index in [1.54, 1.807) is 30.3 Å². The monoisotopic (exact) mass is 439 g/mol. The molecule has 1 saturated heterocycles. The number of aliphatic hydroxyl groups excluding tert-OH is 1. The van der Waals surface area contributed by atoms with Crippen LogP contribution in [0.2, 0.25) is 0 Å². The van der Waals surface area contributed by atoms with Crippen molar-refractivity contribution in [2.75, 3.05) is 13.2 Å². The molecule has 32 heavy (non-hydrogen) atoms. The lowest BCUT2D eigenvalue weighted by Gasteiger charge is -2.23. The number of furan rings is 1. The first-order chi connectivity index (χ1) is 15.2. The van der Waals surface area contributed by atoms with Crippen LogP contribution in [0.15, 0.2) is 40.3 Å². The maximum atomic E-state index is 13.0. The van der Waals surface area contributed by atoms with Gasteiger partial charge in [-0.2, -0.15) is 0 Å². The number of amides is 1. The third-order valence-corrected chi connectivity index (χ3v) is 5.59. The highest BCUT2D eigenvalue weighted by Crippen LogP contribution is 2.40. The van der Waals surface area contributed by atoms with Crippen LogP contribution < -0.4 is 4.74 Å². The summed E-state index contributed by atoms with van der Waals surface area (Å²) in [5.41, 5.74) is 1.38. The van der Waals surface area contributed by atoms with E-state index in [0.29, 0.717) is 36.2 Å². The topological polar surface area (TPSA) is 80.0 Å². The van der Waals surface area contributed by atoms with E-state index in [9.17, 15) is 14.7 Å². The molecule has 6 nitrogen and oxygen atoms in total. The molecule has 0 radical (unpaired) electrons. The van der Waals surface area contributed by atoms with E-state index in [2.05, 4.69) is 20.8 Å². The van der Waals surface area contributed by atoms with Crippen molar-refractivity contribution in [3.63, 3.8) is 0 Å². The van der Waals surface area contributed by atoms with Gasteiger partial charge < -0.3 is 19.2 Å². The molecular weight excluding hydrogens is 406 g/mol. The van der Waals surface area contributed by atoms with E-state index in [1.165, 1.54) is 4.90 Å². The Kier molecular flexibility index (Phi) is 7.44. The molecule has 6 heteroatoms. The van der Waals surface area contributed by atoms with Crippen LogP contribution in [0.4, 0.5) is 0 Å². The lowest BCUT2D eigenvalue weighted by Crippen LogP contribution is -2.30. The van der Waals surface area contributed by atoms with Crippen molar-refractivity contribution in [3.8, 4) is 5.75 Å². The average Bonchev–Trinajstić information content (AvgIpc) is 3.28. The fraction of sp³-hybridized carbons (Fsp3) is 0.462. The van der Waals surface area contributed by atoms with Gasteiger partial charge >= 0.3 is 0 Å². The molecule has 172 valence electrons. The first-order valence-electron chi connectivity index (χ1n) is 11.3. The average molecular weight is 440 g/mol. The molecule has 0 spiro atoms. The zero-order valence-electron chi connectivity index (χ0n) is 19.6. The molecule has 0 bridgehead atoms. The summed E-state index contributed by atoms with van der Waals surface area (Å²) >= 11 is 0. The summed E-state index contributed by atoms with van der Waals surface area (Å²) in [7, 11) is 0. The number of carbonyl (C=O) groups is 2. The molecule has 2 heterocycles. The maximum absolute atomic E-state index is 13.0. The van der Waals surface area contributed by atoms with Crippen LogP contribution >= 0.6 is 0 Å². The molecule has 1 aromatic carbocycles. The van der Waals surface area contributed by atoms with Crippen molar-refractivity contribution in [1.29, 1.82) is 0 Å². The molecule has 1 aromatic heterocycles. The van der Waals surface area contributed by atoms with E-state index in [-0.39, 0.29) is 11.3 Å². The lowest BCUT2D eigenvalue weighted by atomic mass is 9.98. The predicted molar refractivity (Wildman–Crippen MR) is 123 cm³/mol. The number of ether oxygens (including phenoxy) is 1. The molecule has 1 unspecified atom stereocenters. The van der Waals surface area contributed by atoms with Gasteiger partial charge in [-0.3, -0.25) is 9.59 Å². The van der Waals surface area contributed by atoms with Gasteiger partial charge in [0, 0.05) is 12.1 Å². The summed E-state index contributed by atoms with van der Waals surface area (Å²) in [6, 6.07) is 8.10. The Morgan fingerprint density at radius 2 is 1.91 bits per heavy atom. The van der Waals surface area contributed by atoms with Crippen LogP contribution in [-0.4, -0.2) is 34.8 Å². The number of carbonyl (C=O) groups excluding carboxylic acids is 2. The standard InChI is InChI=1S/C26H33NO5/c1-6-7-8-13-27-23(21-11-9-18(5)32-21)22(25(29)26(27)30)24(28)19-10-12-20(17(4)14-19)31-15-16(2)3/h9-12,14,16,23,28H,6-8,13,15H2,1-5H3/b24-22-. The number of hydrogen-bond acceptors (Lipinski definition) is 5. The number of aryl methyl sites for hydroxylation is 2. The summed E-state index contributed by atoms with van der Waals surface area (Å²) in [6.07, 6.45) is 2.73. The van der Waals surface area contributed by atoms with Crippen molar-refractivity contribution in [2.24, 2.45) is 5.92 Å². The normalized spacial score (nSPS) is 18.1. The van der Waals surface area contributed by atoms with Gasteiger partial charge in [-0.05, 0) is 62.1 Å². The fourth-order valence-corrected chi connectivity index (χ4v) is 3.91. The number of Topliss-reactive ketones (excluding diaryl/α,β-unsaturated/α-hetero) is 1. The number of benzene rings is 1. The van der Waals surface area contributed by atoms with E-state index < -0.39 is 17.7 Å². The third-order valence-electron chi connectivity index (χ3n) is 5.59. The minimum absolute atomic E-state index is 0.0658. The van der Waals surface area contributed by atoms with Crippen molar-refractivity contribution in [2.45, 2.75) is 59.9 Å². The van der Waals surface area contributed by atoms with Crippen LogP contribution in [0.5, 0.6) is 5.75 Å². The van der Waals surface area contributed by atoms with Crippen molar-refractivity contribution in [1.82, 2.24) is 4.90 Å². The number of ketones is 1. The second-order valence-electron chi connectivity index (χ2n) is 8.83. The van der Waals surface area contributed by atoms with E-state index in [4.69, 9.17) is 9.15 Å². The number of rotatable bonds is 9.